The van der Waals surface area contributed by atoms with Crippen LogP contribution in [-0.4, -0.2) is 51.6 Å². The van der Waals surface area contributed by atoms with E-state index in [2.05, 4.69) is 20.2 Å². The van der Waals surface area contributed by atoms with Gasteiger partial charge in [-0.15, -0.1) is 0 Å². The highest BCUT2D eigenvalue weighted by Crippen LogP contribution is 2.30. The molecule has 0 unspecified atom stereocenters. The molecule has 1 N–H and O–H groups in total. The number of benzene rings is 1. The summed E-state index contributed by atoms with van der Waals surface area (Å²) in [5.74, 6) is -0.0163. The van der Waals surface area contributed by atoms with E-state index in [1.165, 1.54) is 19.2 Å². The lowest BCUT2D eigenvalue weighted by Gasteiger charge is -2.33. The van der Waals surface area contributed by atoms with Crippen molar-refractivity contribution in [3.05, 3.63) is 71.4 Å². The van der Waals surface area contributed by atoms with Crippen molar-refractivity contribution >= 4 is 5.91 Å². The Balaban J connectivity index is 1.40. The number of pyridine rings is 1. The van der Waals surface area contributed by atoms with Crippen molar-refractivity contribution < 1.29 is 22.7 Å². The number of ether oxygens (including phenoxy) is 1. The molecule has 3 aromatic rings. The summed E-state index contributed by atoms with van der Waals surface area (Å²) in [5.41, 5.74) is 1.69. The molecule has 10 heteroatoms. The number of amides is 1. The molecule has 180 valence electrons. The highest BCUT2D eigenvalue weighted by molar-refractivity contribution is 5.92. The Morgan fingerprint density at radius 3 is 2.79 bits per heavy atom. The van der Waals surface area contributed by atoms with Crippen LogP contribution in [0.2, 0.25) is 0 Å². The molecule has 0 aliphatic carbocycles. The maximum Gasteiger partial charge on any atom is 0.416 e. The van der Waals surface area contributed by atoms with Crippen molar-refractivity contribution in [2.24, 2.45) is 0 Å². The second-order valence-corrected chi connectivity index (χ2v) is 8.39. The van der Waals surface area contributed by atoms with Gasteiger partial charge in [-0.1, -0.05) is 18.2 Å². The monoisotopic (exact) mass is 473 g/mol. The van der Waals surface area contributed by atoms with E-state index in [-0.39, 0.29) is 17.6 Å². The zero-order valence-corrected chi connectivity index (χ0v) is 19.0. The molecule has 1 fully saturated rings. The van der Waals surface area contributed by atoms with Gasteiger partial charge in [0, 0.05) is 25.3 Å². The summed E-state index contributed by atoms with van der Waals surface area (Å²) in [6, 6.07) is 8.63. The van der Waals surface area contributed by atoms with Crippen molar-refractivity contribution in [3.63, 3.8) is 0 Å². The summed E-state index contributed by atoms with van der Waals surface area (Å²) >= 11 is 0. The molecule has 2 aromatic heterocycles. The van der Waals surface area contributed by atoms with Gasteiger partial charge in [0.05, 0.1) is 24.7 Å². The number of halogens is 3. The van der Waals surface area contributed by atoms with Gasteiger partial charge in [0.2, 0.25) is 5.88 Å². The lowest BCUT2D eigenvalue weighted by Crippen LogP contribution is -2.47. The standard InChI is InChI=1S/C24H26F3N5O2/c1-16-12-32(15-28-16)21-9-8-20(30-23(21)34-2)22(33)29-19-7-4-10-31(14-19)13-17-5-3-6-18(11-17)24(25,26)27/h3,5-6,8-9,11-12,15,19H,4,7,10,13-14H2,1-2H3,(H,29,33)/t19-/m0/s1. The first-order valence-corrected chi connectivity index (χ1v) is 11.0. The van der Waals surface area contributed by atoms with E-state index >= 15 is 0 Å². The minimum absolute atomic E-state index is 0.129. The van der Waals surface area contributed by atoms with Crippen molar-refractivity contribution in [2.45, 2.75) is 38.5 Å². The van der Waals surface area contributed by atoms with Gasteiger partial charge in [-0.3, -0.25) is 9.69 Å². The van der Waals surface area contributed by atoms with Gasteiger partial charge in [-0.2, -0.15) is 13.2 Å². The van der Waals surface area contributed by atoms with Crippen molar-refractivity contribution in [3.8, 4) is 11.6 Å². The summed E-state index contributed by atoms with van der Waals surface area (Å²) in [5, 5.41) is 3.00. The van der Waals surface area contributed by atoms with Crippen LogP contribution in [0, 0.1) is 6.92 Å². The largest absolute Gasteiger partial charge is 0.479 e. The predicted octanol–water partition coefficient (Wildman–Crippen LogP) is 4.00. The molecule has 0 spiro atoms. The summed E-state index contributed by atoms with van der Waals surface area (Å²) in [6.45, 7) is 3.57. The van der Waals surface area contributed by atoms with Crippen LogP contribution in [0.25, 0.3) is 5.69 Å². The second kappa shape index (κ2) is 9.84. The predicted molar refractivity (Wildman–Crippen MR) is 120 cm³/mol. The third-order valence-corrected chi connectivity index (χ3v) is 5.76. The van der Waals surface area contributed by atoms with Gasteiger partial charge >= 0.3 is 6.18 Å². The van der Waals surface area contributed by atoms with E-state index in [4.69, 9.17) is 4.74 Å². The highest BCUT2D eigenvalue weighted by Gasteiger charge is 2.30. The molecule has 1 saturated heterocycles. The fourth-order valence-electron chi connectivity index (χ4n) is 4.14. The number of nitrogens with zero attached hydrogens (tertiary/aromatic N) is 4. The van der Waals surface area contributed by atoms with Crippen LogP contribution in [0.1, 0.15) is 40.2 Å². The Hall–Kier alpha value is -3.40. The molecule has 1 amide bonds. The van der Waals surface area contributed by atoms with E-state index in [9.17, 15) is 18.0 Å². The number of carbonyl (C=O) groups is 1. The van der Waals surface area contributed by atoms with Crippen LogP contribution in [0.3, 0.4) is 0 Å². The van der Waals surface area contributed by atoms with E-state index in [1.54, 1.807) is 29.1 Å². The summed E-state index contributed by atoms with van der Waals surface area (Å²) < 4.78 is 46.2. The van der Waals surface area contributed by atoms with Crippen LogP contribution < -0.4 is 10.1 Å². The van der Waals surface area contributed by atoms with Gasteiger partial charge < -0.3 is 14.6 Å². The number of imidazole rings is 1. The Morgan fingerprint density at radius 2 is 2.09 bits per heavy atom. The number of likely N-dealkylation sites (tertiary alicyclic amines) is 1. The summed E-state index contributed by atoms with van der Waals surface area (Å²) in [4.78, 5) is 23.5. The maximum atomic E-state index is 13.0. The lowest BCUT2D eigenvalue weighted by molar-refractivity contribution is -0.137. The van der Waals surface area contributed by atoms with Crippen LogP contribution in [0.4, 0.5) is 13.2 Å². The van der Waals surface area contributed by atoms with Gasteiger partial charge in [0.15, 0.2) is 0 Å². The van der Waals surface area contributed by atoms with Crippen molar-refractivity contribution in [1.29, 1.82) is 0 Å². The normalized spacial score (nSPS) is 16.9. The summed E-state index contributed by atoms with van der Waals surface area (Å²) in [6.07, 6.45) is 0.735. The van der Waals surface area contributed by atoms with Crippen LogP contribution >= 0.6 is 0 Å². The van der Waals surface area contributed by atoms with Gasteiger partial charge in [-0.25, -0.2) is 9.97 Å². The molecule has 4 rings (SSSR count). The number of hydrogen-bond acceptors (Lipinski definition) is 5. The van der Waals surface area contributed by atoms with Crippen molar-refractivity contribution in [2.75, 3.05) is 20.2 Å². The number of alkyl halides is 3. The molecule has 1 aliphatic heterocycles. The van der Waals surface area contributed by atoms with Crippen LogP contribution in [-0.2, 0) is 12.7 Å². The zero-order valence-electron chi connectivity index (χ0n) is 19.0. The number of methoxy groups -OCH3 is 1. The van der Waals surface area contributed by atoms with Gasteiger partial charge in [-0.05, 0) is 50.1 Å². The number of carbonyl (C=O) groups excluding carboxylic acids is 1. The Labute approximate surface area is 195 Å². The minimum Gasteiger partial charge on any atom is -0.479 e. The molecule has 3 heterocycles. The quantitative estimate of drug-likeness (QED) is 0.586. The molecule has 0 bridgehead atoms. The number of aryl methyl sites for hydroxylation is 1. The fourth-order valence-corrected chi connectivity index (χ4v) is 4.14. The third kappa shape index (κ3) is 5.56. The molecule has 34 heavy (non-hydrogen) atoms. The van der Waals surface area contributed by atoms with Gasteiger partial charge in [0.1, 0.15) is 11.4 Å². The smallest absolute Gasteiger partial charge is 0.416 e. The molecular formula is C24H26F3N5O2. The molecule has 1 aliphatic rings. The molecule has 1 atom stereocenters. The third-order valence-electron chi connectivity index (χ3n) is 5.76. The van der Waals surface area contributed by atoms with E-state index < -0.39 is 11.7 Å². The van der Waals surface area contributed by atoms with Gasteiger partial charge in [0.25, 0.3) is 5.91 Å². The molecule has 1 aromatic carbocycles. The summed E-state index contributed by atoms with van der Waals surface area (Å²) in [7, 11) is 1.49. The topological polar surface area (TPSA) is 72.3 Å². The Bertz CT molecular complexity index is 1160. The Morgan fingerprint density at radius 1 is 1.26 bits per heavy atom. The number of rotatable bonds is 6. The average molecular weight is 473 g/mol. The molecule has 0 radical (unpaired) electrons. The SMILES string of the molecule is COc1nc(C(=O)N[C@H]2CCCN(Cc3cccc(C(F)(F)F)c3)C2)ccc1-n1cnc(C)c1. The van der Waals surface area contributed by atoms with E-state index in [0.717, 1.165) is 31.1 Å². The second-order valence-electron chi connectivity index (χ2n) is 8.39. The van der Waals surface area contributed by atoms with E-state index in [0.29, 0.717) is 30.2 Å². The maximum absolute atomic E-state index is 13.0. The number of piperidine rings is 1. The minimum atomic E-state index is -4.37. The van der Waals surface area contributed by atoms with E-state index in [1.807, 2.05) is 13.1 Å². The fraction of sp³-hybridized carbons (Fsp3) is 0.375. The van der Waals surface area contributed by atoms with Crippen LogP contribution in [0.5, 0.6) is 5.88 Å². The lowest BCUT2D eigenvalue weighted by atomic mass is 10.0. The van der Waals surface area contributed by atoms with Crippen molar-refractivity contribution in [1.82, 2.24) is 24.8 Å². The number of nitrogens with one attached hydrogen (secondary N) is 1. The first kappa shape index (κ1) is 23.7. The zero-order chi connectivity index (χ0) is 24.3. The average Bonchev–Trinajstić information content (AvgIpc) is 3.24. The van der Waals surface area contributed by atoms with Crippen LogP contribution in [0.15, 0.2) is 48.9 Å². The molecular weight excluding hydrogens is 447 g/mol. The Kier molecular flexibility index (Phi) is 6.87. The molecule has 0 saturated carbocycles. The first-order chi connectivity index (χ1) is 16.2. The molecule has 7 nitrogen and oxygen atoms in total. The number of hydrogen-bond donors (Lipinski definition) is 1. The highest BCUT2D eigenvalue weighted by atomic mass is 19.4. The first-order valence-electron chi connectivity index (χ1n) is 11.0. The number of aromatic nitrogens is 3.